The van der Waals surface area contributed by atoms with Gasteiger partial charge in [-0.3, -0.25) is 9.69 Å². The Labute approximate surface area is 186 Å². The van der Waals surface area contributed by atoms with Gasteiger partial charge in [-0.25, -0.2) is 4.98 Å². The molecule has 1 aromatic carbocycles. The number of aliphatic hydroxyl groups excluding tert-OH is 1. The fourth-order valence-electron chi connectivity index (χ4n) is 4.37. The summed E-state index contributed by atoms with van der Waals surface area (Å²) in [4.78, 5) is 25.1. The molecular formula is C24H31N3O3S. The van der Waals surface area contributed by atoms with E-state index < -0.39 is 6.10 Å². The predicted molar refractivity (Wildman–Crippen MR) is 125 cm³/mol. The summed E-state index contributed by atoms with van der Waals surface area (Å²) in [5, 5.41) is 11.5. The van der Waals surface area contributed by atoms with E-state index in [4.69, 9.17) is 9.72 Å². The molecule has 31 heavy (non-hydrogen) atoms. The number of benzene rings is 1. The molecule has 2 atom stereocenters. The van der Waals surface area contributed by atoms with Crippen molar-refractivity contribution in [2.75, 3.05) is 26.8 Å². The normalized spacial score (nSPS) is 17.2. The summed E-state index contributed by atoms with van der Waals surface area (Å²) in [5.74, 6) is 1.32. The third-order valence-corrected chi connectivity index (χ3v) is 7.17. The molecule has 4 rings (SSSR count). The van der Waals surface area contributed by atoms with Crippen molar-refractivity contribution >= 4 is 21.6 Å². The van der Waals surface area contributed by atoms with Gasteiger partial charge < -0.3 is 14.8 Å². The van der Waals surface area contributed by atoms with Gasteiger partial charge in [0.2, 0.25) is 0 Å². The number of aliphatic hydroxyl groups is 1. The topological polar surface area (TPSA) is 78.5 Å². The number of aryl methyl sites for hydroxylation is 1. The van der Waals surface area contributed by atoms with Crippen LogP contribution in [0.3, 0.4) is 0 Å². The number of aromatic amines is 1. The molecule has 7 heteroatoms. The molecular weight excluding hydrogens is 410 g/mol. The Morgan fingerprint density at radius 3 is 2.94 bits per heavy atom. The second kappa shape index (κ2) is 10.0. The lowest BCUT2D eigenvalue weighted by molar-refractivity contribution is 0.0981. The minimum atomic E-state index is -0.602. The molecule has 1 aliphatic carbocycles. The highest BCUT2D eigenvalue weighted by Crippen LogP contribution is 2.35. The van der Waals surface area contributed by atoms with Crippen molar-refractivity contribution in [2.24, 2.45) is 5.92 Å². The molecule has 0 fully saturated rings. The average Bonchev–Trinajstić information content (AvgIpc) is 3.12. The number of hydrogen-bond acceptors (Lipinski definition) is 6. The number of nitrogens with one attached hydrogen (secondary N) is 1. The smallest absolute Gasteiger partial charge is 0.259 e. The number of hydrogen-bond donors (Lipinski definition) is 2. The second-order valence-corrected chi connectivity index (χ2v) is 9.64. The Morgan fingerprint density at radius 2 is 2.16 bits per heavy atom. The Bertz CT molecular complexity index is 1060. The van der Waals surface area contributed by atoms with Crippen molar-refractivity contribution < 1.29 is 9.84 Å². The summed E-state index contributed by atoms with van der Waals surface area (Å²) < 4.78 is 5.20. The molecule has 0 spiro atoms. The fourth-order valence-corrected chi connectivity index (χ4v) is 5.77. The summed E-state index contributed by atoms with van der Waals surface area (Å²) in [7, 11) is 1.69. The first-order valence-electron chi connectivity index (χ1n) is 11.0. The van der Waals surface area contributed by atoms with Gasteiger partial charge in [-0.2, -0.15) is 0 Å². The van der Waals surface area contributed by atoms with Crippen molar-refractivity contribution in [1.29, 1.82) is 0 Å². The van der Waals surface area contributed by atoms with Crippen molar-refractivity contribution in [3.63, 3.8) is 0 Å². The molecule has 6 nitrogen and oxygen atoms in total. The maximum Gasteiger partial charge on any atom is 0.259 e. The van der Waals surface area contributed by atoms with Gasteiger partial charge in [0.1, 0.15) is 10.7 Å². The van der Waals surface area contributed by atoms with E-state index in [0.717, 1.165) is 48.0 Å². The number of fused-ring (bicyclic) bond motifs is 3. The zero-order chi connectivity index (χ0) is 21.8. The Hall–Kier alpha value is -2.06. The molecule has 2 heterocycles. The lowest BCUT2D eigenvalue weighted by Crippen LogP contribution is -2.31. The number of methoxy groups -OCH3 is 1. The van der Waals surface area contributed by atoms with Crippen LogP contribution >= 0.6 is 11.3 Å². The fraction of sp³-hybridized carbons (Fsp3) is 0.500. The number of ether oxygens (including phenoxy) is 1. The maximum atomic E-state index is 12.9. The van der Waals surface area contributed by atoms with Crippen LogP contribution in [0.1, 0.15) is 47.7 Å². The molecule has 0 bridgehead atoms. The van der Waals surface area contributed by atoms with Crippen LogP contribution in [0.25, 0.3) is 10.2 Å². The first-order chi connectivity index (χ1) is 15.0. The summed E-state index contributed by atoms with van der Waals surface area (Å²) in [6.45, 7) is 4.62. The molecule has 0 saturated carbocycles. The van der Waals surface area contributed by atoms with E-state index in [0.29, 0.717) is 31.4 Å². The van der Waals surface area contributed by atoms with Crippen LogP contribution in [-0.2, 0) is 24.1 Å². The third-order valence-electron chi connectivity index (χ3n) is 6.03. The molecule has 0 radical (unpaired) electrons. The maximum absolute atomic E-state index is 12.9. The van der Waals surface area contributed by atoms with Crippen LogP contribution in [0.4, 0.5) is 0 Å². The van der Waals surface area contributed by atoms with Gasteiger partial charge in [0, 0.05) is 31.7 Å². The van der Waals surface area contributed by atoms with Crippen molar-refractivity contribution in [1.82, 2.24) is 14.9 Å². The zero-order valence-electron chi connectivity index (χ0n) is 18.3. The summed E-state index contributed by atoms with van der Waals surface area (Å²) in [6, 6.07) is 9.67. The molecule has 0 saturated heterocycles. The second-order valence-electron chi connectivity index (χ2n) is 8.55. The van der Waals surface area contributed by atoms with Crippen LogP contribution in [0.15, 0.2) is 35.1 Å². The average molecular weight is 442 g/mol. The quantitative estimate of drug-likeness (QED) is 0.495. The van der Waals surface area contributed by atoms with E-state index in [-0.39, 0.29) is 5.56 Å². The molecule has 1 aliphatic rings. The van der Waals surface area contributed by atoms with Gasteiger partial charge in [-0.1, -0.05) is 37.3 Å². The minimum Gasteiger partial charge on any atom is -0.387 e. The number of H-pyrrole nitrogens is 1. The van der Waals surface area contributed by atoms with Crippen LogP contribution in [0.5, 0.6) is 0 Å². The summed E-state index contributed by atoms with van der Waals surface area (Å²) in [6.07, 6.45) is 3.37. The van der Waals surface area contributed by atoms with Crippen molar-refractivity contribution in [3.8, 4) is 0 Å². The Balaban J connectivity index is 1.56. The van der Waals surface area contributed by atoms with Crippen LogP contribution in [0.2, 0.25) is 0 Å². The lowest BCUT2D eigenvalue weighted by atomic mass is 9.89. The molecule has 166 valence electrons. The van der Waals surface area contributed by atoms with E-state index in [1.54, 1.807) is 18.4 Å². The van der Waals surface area contributed by atoms with Gasteiger partial charge in [-0.05, 0) is 42.7 Å². The van der Waals surface area contributed by atoms with E-state index in [1.807, 2.05) is 30.3 Å². The highest BCUT2D eigenvalue weighted by Gasteiger charge is 2.23. The highest BCUT2D eigenvalue weighted by molar-refractivity contribution is 7.18. The largest absolute Gasteiger partial charge is 0.387 e. The van der Waals surface area contributed by atoms with E-state index in [2.05, 4.69) is 16.8 Å². The first kappa shape index (κ1) is 22.1. The van der Waals surface area contributed by atoms with E-state index >= 15 is 0 Å². The van der Waals surface area contributed by atoms with Crippen LogP contribution in [0, 0.1) is 5.92 Å². The van der Waals surface area contributed by atoms with Crippen LogP contribution in [-0.4, -0.2) is 46.8 Å². The van der Waals surface area contributed by atoms with Gasteiger partial charge in [0.05, 0.1) is 18.0 Å². The third kappa shape index (κ3) is 5.23. The molecule has 2 aromatic heterocycles. The van der Waals surface area contributed by atoms with Gasteiger partial charge in [0.25, 0.3) is 5.56 Å². The molecule has 3 aromatic rings. The van der Waals surface area contributed by atoms with Crippen molar-refractivity contribution in [3.05, 3.63) is 62.5 Å². The van der Waals surface area contributed by atoms with E-state index in [1.165, 1.54) is 10.4 Å². The zero-order valence-corrected chi connectivity index (χ0v) is 19.1. The minimum absolute atomic E-state index is 0.0347. The Kier molecular flexibility index (Phi) is 7.17. The number of aromatic nitrogens is 2. The molecule has 0 unspecified atom stereocenters. The first-order valence-corrected chi connectivity index (χ1v) is 11.8. The van der Waals surface area contributed by atoms with Gasteiger partial charge in [0.15, 0.2) is 0 Å². The van der Waals surface area contributed by atoms with Gasteiger partial charge in [-0.15, -0.1) is 11.3 Å². The Morgan fingerprint density at radius 1 is 1.35 bits per heavy atom. The lowest BCUT2D eigenvalue weighted by Gasteiger charge is -2.24. The standard InChI is InChI=1S/C24H31N3O3S/c1-16-9-10-18-20(13-16)31-24-22(18)23(29)25-21(26-24)15-27(11-6-12-30-2)14-19(28)17-7-4-3-5-8-17/h3-5,7-8,16,19,28H,6,9-15H2,1-2H3,(H,25,26,29)/t16-,19-/m1/s1. The molecule has 0 aliphatic heterocycles. The van der Waals surface area contributed by atoms with Gasteiger partial charge >= 0.3 is 0 Å². The molecule has 0 amide bonds. The highest BCUT2D eigenvalue weighted by atomic mass is 32.1. The monoisotopic (exact) mass is 441 g/mol. The number of thiophene rings is 1. The van der Waals surface area contributed by atoms with Crippen molar-refractivity contribution in [2.45, 2.75) is 45.3 Å². The molecule has 2 N–H and O–H groups in total. The summed E-state index contributed by atoms with van der Waals surface area (Å²) in [5.41, 5.74) is 2.05. The SMILES string of the molecule is COCCCN(Cc1nc2sc3c(c2c(=O)[nH]1)CC[C@@H](C)C3)C[C@@H](O)c1ccccc1. The predicted octanol–water partition coefficient (Wildman–Crippen LogP) is 3.68. The number of rotatable bonds is 9. The van der Waals surface area contributed by atoms with E-state index in [9.17, 15) is 9.90 Å². The van der Waals surface area contributed by atoms with Crippen LogP contribution < -0.4 is 5.56 Å². The summed E-state index contributed by atoms with van der Waals surface area (Å²) >= 11 is 1.67. The number of nitrogens with zero attached hydrogens (tertiary/aromatic N) is 2.